The SMILES string of the molecule is CCOc1ccc(NC(=O)[C@@H]2[C@H]3C(=O)N([C@@H](CO)CC(C)C)C(C(=O)Nc4ccccc4Cl)C34CC(C)[C@@]2(C)O4)cc1. The fourth-order valence-electron chi connectivity index (χ4n) is 7.37. The Morgan fingerprint density at radius 3 is 2.45 bits per heavy atom. The monoisotopic (exact) mass is 597 g/mol. The van der Waals surface area contributed by atoms with Crippen molar-refractivity contribution in [1.29, 1.82) is 0 Å². The molecular formula is C32H40ClN3O6. The van der Waals surface area contributed by atoms with Gasteiger partial charge in [0, 0.05) is 5.69 Å². The van der Waals surface area contributed by atoms with Gasteiger partial charge >= 0.3 is 0 Å². The molecule has 10 heteroatoms. The van der Waals surface area contributed by atoms with Crippen LogP contribution in [0.5, 0.6) is 5.75 Å². The number of nitrogens with one attached hydrogen (secondary N) is 2. The van der Waals surface area contributed by atoms with Gasteiger partial charge in [-0.3, -0.25) is 14.4 Å². The smallest absolute Gasteiger partial charge is 0.250 e. The topological polar surface area (TPSA) is 117 Å². The van der Waals surface area contributed by atoms with Crippen LogP contribution in [0.3, 0.4) is 0 Å². The Bertz CT molecular complexity index is 1350. The van der Waals surface area contributed by atoms with Gasteiger partial charge in [0.2, 0.25) is 17.7 Å². The van der Waals surface area contributed by atoms with Crippen molar-refractivity contribution >= 4 is 40.7 Å². The van der Waals surface area contributed by atoms with Crippen LogP contribution < -0.4 is 15.4 Å². The molecular weight excluding hydrogens is 558 g/mol. The van der Waals surface area contributed by atoms with Crippen molar-refractivity contribution in [3.8, 4) is 5.75 Å². The zero-order chi connectivity index (χ0) is 30.4. The van der Waals surface area contributed by atoms with Gasteiger partial charge in [-0.25, -0.2) is 0 Å². The van der Waals surface area contributed by atoms with E-state index in [9.17, 15) is 19.5 Å². The molecule has 3 unspecified atom stereocenters. The maximum absolute atomic E-state index is 14.5. The molecule has 3 N–H and O–H groups in total. The molecule has 5 rings (SSSR count). The summed E-state index contributed by atoms with van der Waals surface area (Å²) in [5.41, 5.74) is -1.24. The fraction of sp³-hybridized carbons (Fsp3) is 0.531. The summed E-state index contributed by atoms with van der Waals surface area (Å²) in [6.07, 6.45) is 0.903. The number of aliphatic hydroxyl groups excluding tert-OH is 1. The molecule has 9 nitrogen and oxygen atoms in total. The highest BCUT2D eigenvalue weighted by molar-refractivity contribution is 6.33. The van der Waals surface area contributed by atoms with E-state index in [0.717, 1.165) is 0 Å². The fourth-order valence-corrected chi connectivity index (χ4v) is 7.56. The maximum atomic E-state index is 14.5. The summed E-state index contributed by atoms with van der Waals surface area (Å²) in [6, 6.07) is 12.3. The average molecular weight is 598 g/mol. The molecule has 0 aliphatic carbocycles. The van der Waals surface area contributed by atoms with E-state index in [-0.39, 0.29) is 30.3 Å². The number of carbonyl (C=O) groups is 3. The van der Waals surface area contributed by atoms with Gasteiger partial charge < -0.3 is 30.1 Å². The average Bonchev–Trinajstić information content (AvgIpc) is 3.46. The summed E-state index contributed by atoms with van der Waals surface area (Å²) in [7, 11) is 0. The molecule has 0 saturated carbocycles. The van der Waals surface area contributed by atoms with Crippen molar-refractivity contribution in [3.63, 3.8) is 0 Å². The molecule has 226 valence electrons. The van der Waals surface area contributed by atoms with Crippen LogP contribution in [0.4, 0.5) is 11.4 Å². The van der Waals surface area contributed by atoms with Crippen LogP contribution >= 0.6 is 11.6 Å². The molecule has 2 aromatic carbocycles. The molecule has 3 aliphatic rings. The van der Waals surface area contributed by atoms with Crippen LogP contribution in [0.1, 0.15) is 47.5 Å². The lowest BCUT2D eigenvalue weighted by molar-refractivity contribution is -0.148. The number of amides is 3. The molecule has 3 fully saturated rings. The lowest BCUT2D eigenvalue weighted by atomic mass is 9.62. The van der Waals surface area contributed by atoms with Gasteiger partial charge in [0.05, 0.1) is 47.4 Å². The summed E-state index contributed by atoms with van der Waals surface area (Å²) in [6.45, 7) is 9.97. The van der Waals surface area contributed by atoms with Gasteiger partial charge in [0.15, 0.2) is 0 Å². The minimum absolute atomic E-state index is 0.120. The molecule has 0 aromatic heterocycles. The lowest BCUT2D eigenvalue weighted by Gasteiger charge is -2.37. The van der Waals surface area contributed by atoms with E-state index in [1.807, 2.05) is 34.6 Å². The zero-order valence-electron chi connectivity index (χ0n) is 24.7. The first-order valence-electron chi connectivity index (χ1n) is 14.7. The van der Waals surface area contributed by atoms with Crippen molar-refractivity contribution < 1.29 is 29.0 Å². The molecule has 0 radical (unpaired) electrons. The van der Waals surface area contributed by atoms with Crippen LogP contribution in [0.15, 0.2) is 48.5 Å². The Morgan fingerprint density at radius 2 is 1.83 bits per heavy atom. The summed E-state index contributed by atoms with van der Waals surface area (Å²) in [4.78, 5) is 44.2. The van der Waals surface area contributed by atoms with Crippen molar-refractivity contribution in [3.05, 3.63) is 53.6 Å². The normalized spacial score (nSPS) is 30.4. The van der Waals surface area contributed by atoms with Gasteiger partial charge in [0.1, 0.15) is 17.4 Å². The molecule has 3 amide bonds. The first-order chi connectivity index (χ1) is 20.0. The third kappa shape index (κ3) is 4.95. The van der Waals surface area contributed by atoms with Crippen molar-refractivity contribution in [2.45, 2.75) is 70.7 Å². The van der Waals surface area contributed by atoms with Gasteiger partial charge in [-0.05, 0) is 74.9 Å². The zero-order valence-corrected chi connectivity index (χ0v) is 25.5. The van der Waals surface area contributed by atoms with Crippen molar-refractivity contribution in [2.24, 2.45) is 23.7 Å². The number of likely N-dealkylation sites (tertiary alicyclic amines) is 1. The van der Waals surface area contributed by atoms with Gasteiger partial charge in [-0.15, -0.1) is 0 Å². The molecule has 1 spiro atoms. The number of para-hydroxylation sites is 1. The molecule has 42 heavy (non-hydrogen) atoms. The van der Waals surface area contributed by atoms with Crippen LogP contribution in [0, 0.1) is 23.7 Å². The van der Waals surface area contributed by atoms with E-state index >= 15 is 0 Å². The largest absolute Gasteiger partial charge is 0.494 e. The first kappa shape index (κ1) is 30.3. The van der Waals surface area contributed by atoms with E-state index in [4.69, 9.17) is 21.1 Å². The first-order valence-corrected chi connectivity index (χ1v) is 15.1. The Balaban J connectivity index is 1.54. The maximum Gasteiger partial charge on any atom is 0.250 e. The Hall–Kier alpha value is -3.14. The summed E-state index contributed by atoms with van der Waals surface area (Å²) in [5, 5.41) is 16.7. The van der Waals surface area contributed by atoms with E-state index in [1.54, 1.807) is 48.5 Å². The second kappa shape index (κ2) is 11.5. The highest BCUT2D eigenvalue weighted by Gasteiger charge is 2.80. The third-order valence-electron chi connectivity index (χ3n) is 9.20. The van der Waals surface area contributed by atoms with Gasteiger partial charge in [-0.1, -0.05) is 44.5 Å². The quantitative estimate of drug-likeness (QED) is 0.364. The predicted molar refractivity (Wildman–Crippen MR) is 160 cm³/mol. The number of hydrogen-bond acceptors (Lipinski definition) is 6. The molecule has 3 saturated heterocycles. The van der Waals surface area contributed by atoms with E-state index < -0.39 is 41.0 Å². The molecule has 3 heterocycles. The molecule has 2 aromatic rings. The van der Waals surface area contributed by atoms with Crippen molar-refractivity contribution in [2.75, 3.05) is 23.8 Å². The number of halogens is 1. The standard InChI is InChI=1S/C32H40ClN3O6/c1-6-41-22-13-11-20(12-14-22)34-28(38)25-26-30(40)36(21(17-37)15-18(2)3)27(32(26)16-19(4)31(25,5)42-32)29(39)35-24-10-8-7-9-23(24)33/h7-14,18-19,21,25-27,37H,6,15-17H2,1-5H3,(H,34,38)(H,35,39)/t19?,21-,25+,26+,27?,31-,32?/m1/s1. The number of hydrogen-bond donors (Lipinski definition) is 3. The number of carbonyl (C=O) groups excluding carboxylic acids is 3. The lowest BCUT2D eigenvalue weighted by Crippen LogP contribution is -2.56. The number of rotatable bonds is 10. The van der Waals surface area contributed by atoms with E-state index in [0.29, 0.717) is 41.6 Å². The van der Waals surface area contributed by atoms with Crippen LogP contribution in [0.2, 0.25) is 5.02 Å². The number of nitrogens with zero attached hydrogens (tertiary/aromatic N) is 1. The number of aliphatic hydroxyl groups is 1. The van der Waals surface area contributed by atoms with Gasteiger partial charge in [0.25, 0.3) is 0 Å². The highest BCUT2D eigenvalue weighted by Crippen LogP contribution is 2.65. The minimum atomic E-state index is -1.25. The summed E-state index contributed by atoms with van der Waals surface area (Å²) >= 11 is 6.37. The van der Waals surface area contributed by atoms with Gasteiger partial charge in [-0.2, -0.15) is 0 Å². The minimum Gasteiger partial charge on any atom is -0.494 e. The molecule has 2 bridgehead atoms. The predicted octanol–water partition coefficient (Wildman–Crippen LogP) is 4.73. The van der Waals surface area contributed by atoms with Crippen molar-refractivity contribution in [1.82, 2.24) is 4.90 Å². The highest BCUT2D eigenvalue weighted by atomic mass is 35.5. The molecule has 7 atom stereocenters. The number of anilines is 2. The Labute approximate surface area is 251 Å². The van der Waals surface area contributed by atoms with Crippen LogP contribution in [-0.4, -0.2) is 64.2 Å². The Kier molecular flexibility index (Phi) is 8.31. The summed E-state index contributed by atoms with van der Waals surface area (Å²) < 4.78 is 12.3. The second-order valence-corrected chi connectivity index (χ2v) is 12.7. The number of benzene rings is 2. The number of ether oxygens (including phenoxy) is 2. The second-order valence-electron chi connectivity index (χ2n) is 12.3. The van der Waals surface area contributed by atoms with E-state index in [2.05, 4.69) is 10.6 Å². The molecule has 3 aliphatic heterocycles. The van der Waals surface area contributed by atoms with Crippen LogP contribution in [-0.2, 0) is 19.1 Å². The Morgan fingerprint density at radius 1 is 1.14 bits per heavy atom. The van der Waals surface area contributed by atoms with E-state index in [1.165, 1.54) is 4.90 Å². The number of fused-ring (bicyclic) bond motifs is 1. The van der Waals surface area contributed by atoms with Crippen LogP contribution in [0.25, 0.3) is 0 Å². The third-order valence-corrected chi connectivity index (χ3v) is 9.53. The summed E-state index contributed by atoms with van der Waals surface area (Å²) in [5.74, 6) is -2.18.